The number of amides is 1. The molecule has 1 aromatic rings. The van der Waals surface area contributed by atoms with Gasteiger partial charge in [-0.25, -0.2) is 4.98 Å². The van der Waals surface area contributed by atoms with Crippen LogP contribution in [0.15, 0.2) is 18.3 Å². The van der Waals surface area contributed by atoms with Crippen molar-refractivity contribution in [2.45, 2.75) is 11.7 Å². The summed E-state index contributed by atoms with van der Waals surface area (Å²) in [5.41, 5.74) is 0.708. The number of ether oxygens (including phenoxy) is 3. The molecule has 0 radical (unpaired) electrons. The summed E-state index contributed by atoms with van der Waals surface area (Å²) in [6.07, 6.45) is 1.14. The highest BCUT2D eigenvalue weighted by Crippen LogP contribution is 2.33. The number of hydrogen-bond donors (Lipinski definition) is 0. The second kappa shape index (κ2) is 6.23. The molecule has 0 saturated carbocycles. The van der Waals surface area contributed by atoms with Crippen LogP contribution >= 0.6 is 11.8 Å². The lowest BCUT2D eigenvalue weighted by atomic mass is 10.3. The summed E-state index contributed by atoms with van der Waals surface area (Å²) in [6.45, 7) is 0. The molecule has 7 heteroatoms. The second-order valence-electron chi connectivity index (χ2n) is 3.86. The van der Waals surface area contributed by atoms with Crippen LogP contribution in [-0.2, 0) is 14.3 Å². The van der Waals surface area contributed by atoms with Crippen molar-refractivity contribution in [1.29, 1.82) is 0 Å². The van der Waals surface area contributed by atoms with Gasteiger partial charge in [0.2, 0.25) is 11.8 Å². The van der Waals surface area contributed by atoms with Gasteiger partial charge in [0, 0.05) is 20.3 Å². The van der Waals surface area contributed by atoms with Crippen LogP contribution in [0.25, 0.3) is 0 Å². The first-order chi connectivity index (χ1) is 9.21. The van der Waals surface area contributed by atoms with Crippen LogP contribution in [0.4, 0.5) is 5.69 Å². The molecule has 1 fully saturated rings. The van der Waals surface area contributed by atoms with Gasteiger partial charge in [0.05, 0.1) is 24.7 Å². The Kier molecular flexibility index (Phi) is 4.62. The monoisotopic (exact) mass is 284 g/mol. The summed E-state index contributed by atoms with van der Waals surface area (Å²) in [7, 11) is 4.66. The Morgan fingerprint density at radius 3 is 2.63 bits per heavy atom. The summed E-state index contributed by atoms with van der Waals surface area (Å²) in [5, 5.41) is -0.210. The van der Waals surface area contributed by atoms with Crippen molar-refractivity contribution >= 4 is 23.4 Å². The fourth-order valence-corrected chi connectivity index (χ4v) is 3.12. The molecule has 0 spiro atoms. The zero-order valence-electron chi connectivity index (χ0n) is 11.0. The van der Waals surface area contributed by atoms with E-state index in [1.165, 1.54) is 11.8 Å². The average molecular weight is 284 g/mol. The van der Waals surface area contributed by atoms with Gasteiger partial charge in [-0.1, -0.05) is 0 Å². The van der Waals surface area contributed by atoms with E-state index < -0.39 is 6.29 Å². The number of pyridine rings is 1. The highest BCUT2D eigenvalue weighted by Gasteiger charge is 2.39. The first-order valence-electron chi connectivity index (χ1n) is 5.70. The maximum absolute atomic E-state index is 12.0. The van der Waals surface area contributed by atoms with Gasteiger partial charge in [-0.2, -0.15) is 0 Å². The number of rotatable bonds is 5. The molecule has 0 N–H and O–H groups in total. The molecule has 1 saturated heterocycles. The third-order valence-corrected chi connectivity index (χ3v) is 3.99. The molecule has 19 heavy (non-hydrogen) atoms. The number of hydrogen-bond acceptors (Lipinski definition) is 6. The quantitative estimate of drug-likeness (QED) is 0.755. The van der Waals surface area contributed by atoms with Crippen LogP contribution in [0, 0.1) is 0 Å². The zero-order valence-corrected chi connectivity index (χ0v) is 11.8. The summed E-state index contributed by atoms with van der Waals surface area (Å²) in [4.78, 5) is 17.8. The molecule has 1 atom stereocenters. The lowest BCUT2D eigenvalue weighted by Crippen LogP contribution is -2.42. The van der Waals surface area contributed by atoms with Gasteiger partial charge in [-0.3, -0.25) is 9.69 Å². The molecule has 1 aliphatic rings. The van der Waals surface area contributed by atoms with E-state index in [1.54, 1.807) is 44.6 Å². The Labute approximate surface area is 116 Å². The van der Waals surface area contributed by atoms with E-state index in [1.807, 2.05) is 0 Å². The molecular weight excluding hydrogens is 268 g/mol. The first kappa shape index (κ1) is 14.1. The number of nitrogens with zero attached hydrogens (tertiary/aromatic N) is 2. The van der Waals surface area contributed by atoms with Crippen LogP contribution in [0.3, 0.4) is 0 Å². The fraction of sp³-hybridized carbons (Fsp3) is 0.500. The van der Waals surface area contributed by atoms with Crippen LogP contribution in [0.1, 0.15) is 0 Å². The van der Waals surface area contributed by atoms with Crippen molar-refractivity contribution in [2.24, 2.45) is 0 Å². The molecule has 1 amide bonds. The Balaban J connectivity index is 2.25. The predicted octanol–water partition coefficient (Wildman–Crippen LogP) is 1.11. The molecule has 6 nitrogen and oxygen atoms in total. The average Bonchev–Trinajstić information content (AvgIpc) is 2.82. The summed E-state index contributed by atoms with van der Waals surface area (Å²) in [6, 6.07) is 3.52. The normalized spacial score (nSPS) is 19.3. The molecule has 2 rings (SSSR count). The number of carbonyl (C=O) groups is 1. The van der Waals surface area contributed by atoms with Crippen LogP contribution in [0.2, 0.25) is 0 Å². The van der Waals surface area contributed by atoms with Crippen molar-refractivity contribution in [2.75, 3.05) is 32.0 Å². The summed E-state index contributed by atoms with van der Waals surface area (Å²) >= 11 is 1.49. The SMILES string of the molecule is COc1ccc(N2C(=O)CSC2C(OC)OC)cn1. The van der Waals surface area contributed by atoms with Gasteiger partial charge in [0.25, 0.3) is 0 Å². The Morgan fingerprint density at radius 2 is 2.11 bits per heavy atom. The molecular formula is C12H16N2O4S. The van der Waals surface area contributed by atoms with Crippen molar-refractivity contribution < 1.29 is 19.0 Å². The Bertz CT molecular complexity index is 436. The van der Waals surface area contributed by atoms with E-state index in [-0.39, 0.29) is 11.3 Å². The van der Waals surface area contributed by atoms with Crippen molar-refractivity contribution in [3.05, 3.63) is 18.3 Å². The third-order valence-electron chi connectivity index (χ3n) is 2.81. The summed E-state index contributed by atoms with van der Waals surface area (Å²) in [5.74, 6) is 0.926. The number of carbonyl (C=O) groups excluding carboxylic acids is 1. The maximum Gasteiger partial charge on any atom is 0.238 e. The standard InChI is InChI=1S/C12H16N2O4S/c1-16-9-5-4-8(6-13-9)14-10(15)7-19-11(14)12(17-2)18-3/h4-6,11-12H,7H2,1-3H3. The topological polar surface area (TPSA) is 60.9 Å². The fourth-order valence-electron chi connectivity index (χ4n) is 1.90. The van der Waals surface area contributed by atoms with Gasteiger partial charge >= 0.3 is 0 Å². The minimum absolute atomic E-state index is 0.0149. The van der Waals surface area contributed by atoms with E-state index in [2.05, 4.69) is 4.98 Å². The lowest BCUT2D eigenvalue weighted by Gasteiger charge is -2.28. The molecule has 1 aromatic heterocycles. The van der Waals surface area contributed by atoms with Crippen LogP contribution in [-0.4, -0.2) is 49.6 Å². The van der Waals surface area contributed by atoms with Gasteiger partial charge in [-0.05, 0) is 6.07 Å². The molecule has 1 unspecified atom stereocenters. The second-order valence-corrected chi connectivity index (χ2v) is 4.97. The van der Waals surface area contributed by atoms with E-state index >= 15 is 0 Å². The lowest BCUT2D eigenvalue weighted by molar-refractivity contribution is -0.121. The molecule has 2 heterocycles. The van der Waals surface area contributed by atoms with Gasteiger partial charge in [0.15, 0.2) is 6.29 Å². The van der Waals surface area contributed by atoms with Crippen LogP contribution < -0.4 is 9.64 Å². The Morgan fingerprint density at radius 1 is 1.37 bits per heavy atom. The molecule has 0 aromatic carbocycles. The van der Waals surface area contributed by atoms with Crippen molar-refractivity contribution in [3.63, 3.8) is 0 Å². The number of anilines is 1. The molecule has 0 aliphatic carbocycles. The van der Waals surface area contributed by atoms with Gasteiger partial charge in [0.1, 0.15) is 5.37 Å². The van der Waals surface area contributed by atoms with Crippen LogP contribution in [0.5, 0.6) is 5.88 Å². The predicted molar refractivity (Wildman–Crippen MR) is 72.3 cm³/mol. The largest absolute Gasteiger partial charge is 0.481 e. The first-order valence-corrected chi connectivity index (χ1v) is 6.75. The van der Waals surface area contributed by atoms with E-state index in [9.17, 15) is 4.79 Å². The van der Waals surface area contributed by atoms with Crippen molar-refractivity contribution in [1.82, 2.24) is 4.98 Å². The molecule has 1 aliphatic heterocycles. The van der Waals surface area contributed by atoms with Crippen molar-refractivity contribution in [3.8, 4) is 5.88 Å². The minimum atomic E-state index is -0.474. The molecule has 0 bridgehead atoms. The zero-order chi connectivity index (χ0) is 13.8. The minimum Gasteiger partial charge on any atom is -0.481 e. The van der Waals surface area contributed by atoms with E-state index in [0.29, 0.717) is 17.3 Å². The highest BCUT2D eigenvalue weighted by atomic mass is 32.2. The highest BCUT2D eigenvalue weighted by molar-refractivity contribution is 8.01. The Hall–Kier alpha value is -1.31. The number of methoxy groups -OCH3 is 3. The van der Waals surface area contributed by atoms with E-state index in [4.69, 9.17) is 14.2 Å². The van der Waals surface area contributed by atoms with Gasteiger partial charge < -0.3 is 14.2 Å². The van der Waals surface area contributed by atoms with Gasteiger partial charge in [-0.15, -0.1) is 11.8 Å². The van der Waals surface area contributed by atoms with E-state index in [0.717, 1.165) is 0 Å². The number of aromatic nitrogens is 1. The smallest absolute Gasteiger partial charge is 0.238 e. The molecule has 104 valence electrons. The number of thioether (sulfide) groups is 1. The maximum atomic E-state index is 12.0. The summed E-state index contributed by atoms with van der Waals surface area (Å²) < 4.78 is 15.5. The third kappa shape index (κ3) is 2.83.